The Bertz CT molecular complexity index is 800. The third-order valence-electron chi connectivity index (χ3n) is 4.14. The SMILES string of the molecule is COC(=O)c1c(NC(=O)Nc2ccccc2OC)sc2c1CCCC2. The highest BCUT2D eigenvalue weighted by Gasteiger charge is 2.27. The van der Waals surface area contributed by atoms with Gasteiger partial charge in [0.25, 0.3) is 0 Å². The zero-order valence-electron chi connectivity index (χ0n) is 14.2. The van der Waals surface area contributed by atoms with Gasteiger partial charge in [-0.05, 0) is 43.4 Å². The van der Waals surface area contributed by atoms with Crippen molar-refractivity contribution in [3.8, 4) is 5.75 Å². The van der Waals surface area contributed by atoms with E-state index in [1.807, 2.05) is 12.1 Å². The summed E-state index contributed by atoms with van der Waals surface area (Å²) in [6, 6.07) is 6.72. The molecule has 7 heteroatoms. The Morgan fingerprint density at radius 1 is 1.08 bits per heavy atom. The third kappa shape index (κ3) is 3.61. The van der Waals surface area contributed by atoms with Crippen molar-refractivity contribution in [2.24, 2.45) is 0 Å². The van der Waals surface area contributed by atoms with Crippen LogP contribution >= 0.6 is 11.3 Å². The summed E-state index contributed by atoms with van der Waals surface area (Å²) in [6.07, 6.45) is 3.91. The molecule has 0 unspecified atom stereocenters. The number of aryl methyl sites for hydroxylation is 1. The highest BCUT2D eigenvalue weighted by atomic mass is 32.1. The minimum absolute atomic E-state index is 0.410. The summed E-state index contributed by atoms with van der Waals surface area (Å²) in [5.74, 6) is 0.156. The first-order chi connectivity index (χ1) is 12.1. The summed E-state index contributed by atoms with van der Waals surface area (Å²) < 4.78 is 10.1. The molecule has 0 aliphatic heterocycles. The maximum absolute atomic E-state index is 12.4. The molecule has 0 saturated heterocycles. The number of esters is 1. The number of methoxy groups -OCH3 is 2. The van der Waals surface area contributed by atoms with Gasteiger partial charge in [-0.25, -0.2) is 9.59 Å². The van der Waals surface area contributed by atoms with Crippen LogP contribution in [-0.4, -0.2) is 26.2 Å². The fourth-order valence-electron chi connectivity index (χ4n) is 2.98. The lowest BCUT2D eigenvalue weighted by molar-refractivity contribution is 0.0601. The van der Waals surface area contributed by atoms with Gasteiger partial charge in [-0.15, -0.1) is 11.3 Å². The van der Waals surface area contributed by atoms with Gasteiger partial charge in [-0.3, -0.25) is 5.32 Å². The number of benzene rings is 1. The number of hydrogen-bond donors (Lipinski definition) is 2. The molecule has 1 aliphatic carbocycles. The van der Waals surface area contributed by atoms with Gasteiger partial charge in [-0.1, -0.05) is 12.1 Å². The number of carbonyl (C=O) groups excluding carboxylic acids is 2. The third-order valence-corrected chi connectivity index (χ3v) is 5.35. The molecule has 0 saturated carbocycles. The van der Waals surface area contributed by atoms with Crippen LogP contribution in [0.3, 0.4) is 0 Å². The topological polar surface area (TPSA) is 76.7 Å². The molecule has 0 fully saturated rings. The van der Waals surface area contributed by atoms with E-state index in [4.69, 9.17) is 9.47 Å². The van der Waals surface area contributed by atoms with Crippen LogP contribution in [0, 0.1) is 0 Å². The number of rotatable bonds is 4. The Hall–Kier alpha value is -2.54. The number of fused-ring (bicyclic) bond motifs is 1. The first kappa shape index (κ1) is 17.3. The van der Waals surface area contributed by atoms with Crippen molar-refractivity contribution in [3.05, 3.63) is 40.3 Å². The molecule has 132 valence electrons. The number of carbonyl (C=O) groups is 2. The van der Waals surface area contributed by atoms with Gasteiger partial charge in [0.15, 0.2) is 0 Å². The van der Waals surface area contributed by atoms with Crippen LogP contribution < -0.4 is 15.4 Å². The lowest BCUT2D eigenvalue weighted by Gasteiger charge is -2.12. The highest BCUT2D eigenvalue weighted by Crippen LogP contribution is 2.38. The van der Waals surface area contributed by atoms with Gasteiger partial charge in [0.2, 0.25) is 0 Å². The molecule has 0 radical (unpaired) electrons. The molecule has 2 aromatic rings. The fraction of sp³-hybridized carbons (Fsp3) is 0.333. The minimum atomic E-state index is -0.423. The first-order valence-electron chi connectivity index (χ1n) is 8.08. The molecular weight excluding hydrogens is 340 g/mol. The molecular formula is C18H20N2O4S. The number of ether oxygens (including phenoxy) is 2. The summed E-state index contributed by atoms with van der Waals surface area (Å²) in [5, 5.41) is 6.08. The molecule has 2 N–H and O–H groups in total. The summed E-state index contributed by atoms with van der Waals surface area (Å²) in [6.45, 7) is 0. The Morgan fingerprint density at radius 2 is 1.84 bits per heavy atom. The molecule has 6 nitrogen and oxygen atoms in total. The molecule has 0 atom stereocenters. The molecule has 3 rings (SSSR count). The Morgan fingerprint density at radius 3 is 2.60 bits per heavy atom. The number of anilines is 2. The number of thiophene rings is 1. The Balaban J connectivity index is 1.83. The summed E-state index contributed by atoms with van der Waals surface area (Å²) in [7, 11) is 2.90. The van der Waals surface area contributed by atoms with E-state index in [-0.39, 0.29) is 0 Å². The molecule has 1 heterocycles. The first-order valence-corrected chi connectivity index (χ1v) is 8.89. The average molecular weight is 360 g/mol. The van der Waals surface area contributed by atoms with E-state index in [1.165, 1.54) is 18.4 Å². The number of para-hydroxylation sites is 2. The van der Waals surface area contributed by atoms with Crippen LogP contribution in [0.1, 0.15) is 33.6 Å². The molecule has 0 bridgehead atoms. The van der Waals surface area contributed by atoms with Crippen molar-refractivity contribution in [2.75, 3.05) is 24.9 Å². The lowest BCUT2D eigenvalue weighted by atomic mass is 9.95. The number of amides is 2. The number of urea groups is 1. The smallest absolute Gasteiger partial charge is 0.341 e. The van der Waals surface area contributed by atoms with E-state index in [0.717, 1.165) is 36.1 Å². The van der Waals surface area contributed by atoms with E-state index < -0.39 is 12.0 Å². The fourth-order valence-corrected chi connectivity index (χ4v) is 4.25. The van der Waals surface area contributed by atoms with Crippen molar-refractivity contribution in [2.45, 2.75) is 25.7 Å². The molecule has 1 aliphatic rings. The zero-order valence-corrected chi connectivity index (χ0v) is 15.0. The predicted molar refractivity (Wildman–Crippen MR) is 97.9 cm³/mol. The van der Waals surface area contributed by atoms with Crippen LogP contribution in [0.25, 0.3) is 0 Å². The van der Waals surface area contributed by atoms with Crippen LogP contribution in [0.2, 0.25) is 0 Å². The molecule has 0 spiro atoms. The average Bonchev–Trinajstić information content (AvgIpc) is 2.99. The maximum Gasteiger partial charge on any atom is 0.341 e. The molecule has 25 heavy (non-hydrogen) atoms. The summed E-state index contributed by atoms with van der Waals surface area (Å²) in [4.78, 5) is 25.8. The highest BCUT2D eigenvalue weighted by molar-refractivity contribution is 7.17. The van der Waals surface area contributed by atoms with E-state index in [1.54, 1.807) is 19.2 Å². The van der Waals surface area contributed by atoms with Crippen LogP contribution in [-0.2, 0) is 17.6 Å². The van der Waals surface area contributed by atoms with Crippen molar-refractivity contribution in [1.82, 2.24) is 0 Å². The maximum atomic E-state index is 12.4. The Labute approximate surface area is 150 Å². The molecule has 2 amide bonds. The minimum Gasteiger partial charge on any atom is -0.495 e. The Kier molecular flexibility index (Phi) is 5.23. The van der Waals surface area contributed by atoms with Gasteiger partial charge in [-0.2, -0.15) is 0 Å². The standard InChI is InChI=1S/C18H20N2O4S/c1-23-13-9-5-4-8-12(13)19-18(22)20-16-15(17(21)24-2)11-7-3-6-10-14(11)25-16/h4-5,8-9H,3,6-7,10H2,1-2H3,(H2,19,20,22). The van der Waals surface area contributed by atoms with Gasteiger partial charge >= 0.3 is 12.0 Å². The van der Waals surface area contributed by atoms with Gasteiger partial charge in [0.1, 0.15) is 10.8 Å². The van der Waals surface area contributed by atoms with Gasteiger partial charge < -0.3 is 14.8 Å². The second-order valence-electron chi connectivity index (χ2n) is 5.69. The molecule has 1 aromatic carbocycles. The normalized spacial score (nSPS) is 12.9. The van der Waals surface area contributed by atoms with Gasteiger partial charge in [0, 0.05) is 4.88 Å². The van der Waals surface area contributed by atoms with Crippen LogP contribution in [0.4, 0.5) is 15.5 Å². The van der Waals surface area contributed by atoms with Crippen LogP contribution in [0.15, 0.2) is 24.3 Å². The summed E-state index contributed by atoms with van der Waals surface area (Å²) >= 11 is 1.45. The monoisotopic (exact) mass is 360 g/mol. The van der Waals surface area contributed by atoms with E-state index in [0.29, 0.717) is 22.0 Å². The van der Waals surface area contributed by atoms with Crippen LogP contribution in [0.5, 0.6) is 5.75 Å². The van der Waals surface area contributed by atoms with Crippen molar-refractivity contribution >= 4 is 34.0 Å². The zero-order chi connectivity index (χ0) is 17.8. The predicted octanol–water partition coefficient (Wildman–Crippen LogP) is 4.07. The number of nitrogens with one attached hydrogen (secondary N) is 2. The second-order valence-corrected chi connectivity index (χ2v) is 6.79. The second kappa shape index (κ2) is 7.57. The quantitative estimate of drug-likeness (QED) is 0.806. The largest absolute Gasteiger partial charge is 0.495 e. The van der Waals surface area contributed by atoms with Crippen molar-refractivity contribution in [3.63, 3.8) is 0 Å². The summed E-state index contributed by atoms with van der Waals surface area (Å²) in [5.41, 5.74) is 2.05. The molecule has 1 aromatic heterocycles. The van der Waals surface area contributed by atoms with Crippen molar-refractivity contribution in [1.29, 1.82) is 0 Å². The number of hydrogen-bond acceptors (Lipinski definition) is 5. The lowest BCUT2D eigenvalue weighted by Crippen LogP contribution is -2.21. The van der Waals surface area contributed by atoms with Crippen molar-refractivity contribution < 1.29 is 19.1 Å². The van der Waals surface area contributed by atoms with E-state index in [9.17, 15) is 9.59 Å². The van der Waals surface area contributed by atoms with E-state index >= 15 is 0 Å². The van der Waals surface area contributed by atoms with Gasteiger partial charge in [0.05, 0.1) is 25.5 Å². The van der Waals surface area contributed by atoms with E-state index in [2.05, 4.69) is 10.6 Å².